The third-order valence-corrected chi connectivity index (χ3v) is 17.5. The molecule has 2 aliphatic rings. The predicted octanol–water partition coefficient (Wildman–Crippen LogP) is 19.6. The molecule has 8 bridgehead atoms. The smallest absolute Gasteiger partial charge is 0.0789 e. The van der Waals surface area contributed by atoms with Crippen LogP contribution in [0.5, 0.6) is 0 Å². The second-order valence-electron chi connectivity index (χ2n) is 23.4. The third kappa shape index (κ3) is 14.3. The highest BCUT2D eigenvalue weighted by atomic mass is 15.4. The number of nitrogens with zero attached hydrogens (tertiary/aromatic N) is 4. The molecule has 0 unspecified atom stereocenters. The lowest BCUT2D eigenvalue weighted by molar-refractivity contribution is -0.929. The maximum atomic E-state index is 5.61. The molecule has 0 amide bonds. The van der Waals surface area contributed by atoms with E-state index in [1.807, 2.05) is 0 Å². The Morgan fingerprint density at radius 2 is 0.537 bits per heavy atom. The minimum atomic E-state index is 0.932. The lowest BCUT2D eigenvalue weighted by Crippen LogP contribution is -2.50. The lowest BCUT2D eigenvalue weighted by Gasteiger charge is -2.39. The van der Waals surface area contributed by atoms with Crippen LogP contribution in [0.3, 0.4) is 0 Å². The molecule has 6 nitrogen and oxygen atoms in total. The van der Waals surface area contributed by atoms with Gasteiger partial charge in [-0.1, -0.05) is 189 Å². The zero-order valence-corrected chi connectivity index (χ0v) is 49.8. The normalized spacial score (nSPS) is 12.5. The molecule has 0 spiro atoms. The number of aromatic nitrogens is 4. The van der Waals surface area contributed by atoms with Crippen LogP contribution in [0.4, 0.5) is 0 Å². The zero-order chi connectivity index (χ0) is 55.6. The van der Waals surface area contributed by atoms with Gasteiger partial charge >= 0.3 is 0 Å². The molecule has 0 saturated heterocycles. The number of fused-ring (bicyclic) bond motifs is 8. The molecule has 4 aromatic carbocycles. The lowest BCUT2D eigenvalue weighted by atomic mass is 10.00. The van der Waals surface area contributed by atoms with E-state index < -0.39 is 0 Å². The van der Waals surface area contributed by atoms with Gasteiger partial charge in [-0.15, -0.1) is 0 Å². The molecule has 9 rings (SSSR count). The van der Waals surface area contributed by atoms with Crippen LogP contribution in [-0.4, -0.2) is 81.3 Å². The molecule has 0 radical (unpaired) electrons. The van der Waals surface area contributed by atoms with Crippen LogP contribution in [0, 0.1) is 0 Å². The maximum Gasteiger partial charge on any atom is 0.0789 e. The predicted molar refractivity (Wildman–Crippen MR) is 346 cm³/mol. The fourth-order valence-electron chi connectivity index (χ4n) is 12.8. The van der Waals surface area contributed by atoms with E-state index in [0.29, 0.717) is 0 Å². The van der Waals surface area contributed by atoms with E-state index in [9.17, 15) is 0 Å². The van der Waals surface area contributed by atoms with Crippen LogP contribution in [0.1, 0.15) is 165 Å². The first-order valence-electron chi connectivity index (χ1n) is 31.5. The van der Waals surface area contributed by atoms with Crippen molar-refractivity contribution in [1.82, 2.24) is 19.9 Å². The van der Waals surface area contributed by atoms with Crippen LogP contribution in [0.25, 0.3) is 90.9 Å². The SMILES string of the molecule is CCCC[N+](CCCC)(CCCC)CCCc1ccc(-c2c3nc(c(-c4ccccc4)c4ccc([nH]4)c(-c4ccc(CCC[N+](CCCC)(CCCC)CCCC)cc4)c4nc(c(-c5ccccc5)c5ccc2[nH]5)C=C4)C=C3)cc1. The average Bonchev–Trinajstić information content (AvgIpc) is 4.42. The van der Waals surface area contributed by atoms with Crippen molar-refractivity contribution in [3.05, 3.63) is 167 Å². The average molecular weight is 1070 g/mol. The second kappa shape index (κ2) is 28.7. The van der Waals surface area contributed by atoms with E-state index in [4.69, 9.17) is 9.97 Å². The minimum absolute atomic E-state index is 0.932. The number of rotatable bonds is 30. The standard InChI is InChI=1S/C74H94N6/c1-7-13-49-79(50-14-8-2,51-15-9-3)55-25-27-57-33-37-61(38-34-57)73-67-45-41-63(75-67)71(59-29-21-19-22-30-59)65-43-47-69(77-65)74(70-48-44-66(78-70)72(60-31-23-20-24-32-60)64-42-46-68(73)76-64)62-39-35-58(36-40-62)28-26-56-80(52-16-10-4,53-17-11-5)54-18-12-6/h19-24,29-48,75,78H,7-18,25-28,49-56H2,1-6H3/q+2. The Bertz CT molecular complexity index is 3020. The quantitative estimate of drug-likeness (QED) is 0.0441. The summed E-state index contributed by atoms with van der Waals surface area (Å²) in [5.74, 6) is 0. The first-order chi connectivity index (χ1) is 39.3. The molecule has 418 valence electrons. The number of nitrogens with one attached hydrogen (secondary N) is 2. The summed E-state index contributed by atoms with van der Waals surface area (Å²) in [6, 6.07) is 49.3. The number of aryl methyl sites for hydroxylation is 2. The molecule has 3 aromatic heterocycles. The summed E-state index contributed by atoms with van der Waals surface area (Å²) >= 11 is 0. The molecule has 0 aliphatic carbocycles. The van der Waals surface area contributed by atoms with Gasteiger partial charge in [0.2, 0.25) is 0 Å². The Labute approximate surface area is 481 Å². The number of unbranched alkanes of at least 4 members (excludes halogenated alkanes) is 6. The number of aromatic amines is 2. The van der Waals surface area contributed by atoms with Crippen molar-refractivity contribution < 1.29 is 8.97 Å². The van der Waals surface area contributed by atoms with Gasteiger partial charge in [0, 0.05) is 57.2 Å². The second-order valence-corrected chi connectivity index (χ2v) is 23.4. The maximum absolute atomic E-state index is 5.61. The van der Waals surface area contributed by atoms with Crippen LogP contribution in [-0.2, 0) is 12.8 Å². The largest absolute Gasteiger partial charge is 0.354 e. The van der Waals surface area contributed by atoms with Gasteiger partial charge < -0.3 is 18.9 Å². The van der Waals surface area contributed by atoms with E-state index in [-0.39, 0.29) is 0 Å². The highest BCUT2D eigenvalue weighted by Crippen LogP contribution is 2.39. The van der Waals surface area contributed by atoms with Crippen LogP contribution < -0.4 is 0 Å². The summed E-state index contributed by atoms with van der Waals surface area (Å²) in [6.45, 7) is 24.5. The van der Waals surface area contributed by atoms with E-state index in [1.54, 1.807) is 0 Å². The van der Waals surface area contributed by atoms with Crippen molar-refractivity contribution in [2.75, 3.05) is 52.4 Å². The molecular formula is C74H94N6+2. The minimum Gasteiger partial charge on any atom is -0.354 e. The number of benzene rings is 4. The summed E-state index contributed by atoms with van der Waals surface area (Å²) in [5.41, 5.74) is 19.5. The Morgan fingerprint density at radius 3 is 0.800 bits per heavy atom. The van der Waals surface area contributed by atoms with Gasteiger partial charge in [0.05, 0.1) is 75.1 Å². The van der Waals surface area contributed by atoms with Gasteiger partial charge in [0.1, 0.15) is 0 Å². The molecule has 2 aliphatic heterocycles. The Morgan fingerprint density at radius 1 is 0.287 bits per heavy atom. The van der Waals surface area contributed by atoms with Crippen molar-refractivity contribution in [2.24, 2.45) is 0 Å². The van der Waals surface area contributed by atoms with Gasteiger partial charge in [0.25, 0.3) is 0 Å². The Balaban J connectivity index is 1.15. The molecule has 0 fully saturated rings. The van der Waals surface area contributed by atoms with E-state index >= 15 is 0 Å². The Hall–Kier alpha value is -6.60. The van der Waals surface area contributed by atoms with E-state index in [2.05, 4.69) is 209 Å². The number of hydrogen-bond donors (Lipinski definition) is 2. The summed E-state index contributed by atoms with van der Waals surface area (Å²) < 4.78 is 2.57. The van der Waals surface area contributed by atoms with Gasteiger partial charge in [-0.25, -0.2) is 9.97 Å². The fourth-order valence-corrected chi connectivity index (χ4v) is 12.8. The molecule has 6 heteroatoms. The number of hydrogen-bond acceptors (Lipinski definition) is 2. The topological polar surface area (TPSA) is 57.4 Å². The third-order valence-electron chi connectivity index (χ3n) is 17.5. The number of H-pyrrole nitrogens is 2. The fraction of sp³-hybridized carbons (Fsp3) is 0.405. The van der Waals surface area contributed by atoms with Gasteiger partial charge in [-0.05, 0) is 133 Å². The van der Waals surface area contributed by atoms with Crippen molar-refractivity contribution in [1.29, 1.82) is 0 Å². The highest BCUT2D eigenvalue weighted by molar-refractivity contribution is 5.99. The summed E-state index contributed by atoms with van der Waals surface area (Å²) in [6.07, 6.45) is 29.0. The zero-order valence-electron chi connectivity index (χ0n) is 49.8. The molecular weight excluding hydrogens is 973 g/mol. The van der Waals surface area contributed by atoms with Crippen molar-refractivity contribution >= 4 is 46.4 Å². The van der Waals surface area contributed by atoms with Gasteiger partial charge in [-0.3, -0.25) is 0 Å². The summed E-state index contributed by atoms with van der Waals surface area (Å²) in [4.78, 5) is 19.2. The van der Waals surface area contributed by atoms with Crippen LogP contribution in [0.15, 0.2) is 133 Å². The summed E-state index contributed by atoms with van der Waals surface area (Å²) in [5, 5.41) is 0. The molecule has 5 heterocycles. The molecule has 0 saturated carbocycles. The Kier molecular flexibility index (Phi) is 20.8. The monoisotopic (exact) mass is 1070 g/mol. The molecule has 2 N–H and O–H groups in total. The number of quaternary nitrogens is 2. The molecule has 0 atom stereocenters. The van der Waals surface area contributed by atoms with E-state index in [0.717, 1.165) is 102 Å². The van der Waals surface area contributed by atoms with Gasteiger partial charge in [-0.2, -0.15) is 0 Å². The van der Waals surface area contributed by atoms with Crippen molar-refractivity contribution in [2.45, 2.75) is 144 Å². The summed E-state index contributed by atoms with van der Waals surface area (Å²) in [7, 11) is 0. The van der Waals surface area contributed by atoms with Gasteiger partial charge in [0.15, 0.2) is 0 Å². The van der Waals surface area contributed by atoms with Crippen molar-refractivity contribution in [3.63, 3.8) is 0 Å². The van der Waals surface area contributed by atoms with Crippen molar-refractivity contribution in [3.8, 4) is 44.5 Å². The first-order valence-corrected chi connectivity index (χ1v) is 31.5. The molecule has 7 aromatic rings. The highest BCUT2D eigenvalue weighted by Gasteiger charge is 2.27. The molecule has 80 heavy (non-hydrogen) atoms. The first kappa shape index (κ1) is 58.1. The van der Waals surface area contributed by atoms with Crippen LogP contribution >= 0.6 is 0 Å². The van der Waals surface area contributed by atoms with E-state index in [1.165, 1.54) is 162 Å². The van der Waals surface area contributed by atoms with Crippen LogP contribution in [0.2, 0.25) is 0 Å².